The summed E-state index contributed by atoms with van der Waals surface area (Å²) in [6.45, 7) is 20.8. The van der Waals surface area contributed by atoms with E-state index in [4.69, 9.17) is 50.6 Å². The molecule has 4 aliphatic rings. The Hall–Kier alpha value is 0.0600. The fourth-order valence-electron chi connectivity index (χ4n) is 7.79. The van der Waals surface area contributed by atoms with Gasteiger partial charge in [-0.25, -0.2) is 13.7 Å². The lowest BCUT2D eigenvalue weighted by Gasteiger charge is -2.34. The second-order valence-electron chi connectivity index (χ2n) is 17.9. The summed E-state index contributed by atoms with van der Waals surface area (Å²) in [5.74, 6) is 0.00582. The molecule has 0 aromatic carbocycles. The summed E-state index contributed by atoms with van der Waals surface area (Å²) in [4.78, 5) is 42.5. The summed E-state index contributed by atoms with van der Waals surface area (Å²) in [6.07, 6.45) is -6.68. The fourth-order valence-corrected chi connectivity index (χ4v) is 12.4. The zero-order chi connectivity index (χ0) is 43.6. The number of phosphoric ester groups is 3. The van der Waals surface area contributed by atoms with Crippen molar-refractivity contribution in [1.29, 1.82) is 0 Å². The molecule has 0 aromatic heterocycles. The summed E-state index contributed by atoms with van der Waals surface area (Å²) in [7, 11) is -18.4. The first-order valence-corrected chi connectivity index (χ1v) is 26.0. The van der Waals surface area contributed by atoms with Gasteiger partial charge >= 0.3 is 31.1 Å². The van der Waals surface area contributed by atoms with Gasteiger partial charge in [0.15, 0.2) is 0 Å². The van der Waals surface area contributed by atoms with Gasteiger partial charge in [-0.3, -0.25) is 31.7 Å². The van der Waals surface area contributed by atoms with E-state index in [1.807, 2.05) is 6.92 Å². The zero-order valence-corrected chi connectivity index (χ0v) is 38.7. The third kappa shape index (κ3) is 15.7. The Balaban J connectivity index is 1.30. The Kier molecular flexibility index (Phi) is 17.3. The maximum absolute atomic E-state index is 13.3. The molecule has 0 aromatic rings. The van der Waals surface area contributed by atoms with E-state index in [0.717, 1.165) is 6.42 Å². The second-order valence-corrected chi connectivity index (χ2v) is 23.9. The quantitative estimate of drug-likeness (QED) is 0.0723. The molecule has 4 aliphatic heterocycles. The van der Waals surface area contributed by atoms with E-state index in [2.05, 4.69) is 27.4 Å². The lowest BCUT2D eigenvalue weighted by Crippen LogP contribution is -2.38. The Bertz CT molecular complexity index is 1570. The van der Waals surface area contributed by atoms with Gasteiger partial charge in [0.25, 0.3) is 0 Å². The minimum atomic E-state index is -4.86. The molecule has 0 amide bonds. The molecule has 0 radical (unpaired) electrons. The summed E-state index contributed by atoms with van der Waals surface area (Å²) >= 11 is 0. The molecule has 17 atom stereocenters. The summed E-state index contributed by atoms with van der Waals surface area (Å²) < 4.78 is 113. The molecule has 4 fully saturated rings. The van der Waals surface area contributed by atoms with Gasteiger partial charge in [0.2, 0.25) is 0 Å². The van der Waals surface area contributed by atoms with E-state index in [1.165, 1.54) is 6.08 Å². The van der Waals surface area contributed by atoms with Gasteiger partial charge in [0.05, 0.1) is 67.7 Å². The molecule has 19 nitrogen and oxygen atoms in total. The molecule has 58 heavy (non-hydrogen) atoms. The summed E-state index contributed by atoms with van der Waals surface area (Å²) in [6, 6.07) is 0. The highest BCUT2D eigenvalue weighted by atomic mass is 31.2. The van der Waals surface area contributed by atoms with Gasteiger partial charge in [0, 0.05) is 19.3 Å². The molecule has 4 rings (SSSR count). The van der Waals surface area contributed by atoms with Crippen LogP contribution in [0.2, 0.25) is 0 Å². The van der Waals surface area contributed by atoms with Crippen molar-refractivity contribution in [3.63, 3.8) is 0 Å². The topological polar surface area (TPSA) is 251 Å². The van der Waals surface area contributed by atoms with Crippen LogP contribution in [-0.4, -0.2) is 118 Å². The molecule has 0 aliphatic carbocycles. The molecule has 0 bridgehead atoms. The third-order valence-corrected chi connectivity index (χ3v) is 14.9. The first-order chi connectivity index (χ1) is 26.5. The number of hydrogen-bond acceptors (Lipinski definition) is 15. The highest BCUT2D eigenvalue weighted by Crippen LogP contribution is 2.54. The zero-order valence-electron chi connectivity index (χ0n) is 35.1. The van der Waals surface area contributed by atoms with Crippen molar-refractivity contribution in [2.75, 3.05) is 19.4 Å². The maximum Gasteiger partial charge on any atom is 0.473 e. The Morgan fingerprint density at radius 2 is 1.07 bits per heavy atom. The van der Waals surface area contributed by atoms with Crippen molar-refractivity contribution in [3.05, 3.63) is 12.7 Å². The maximum atomic E-state index is 13.3. The van der Waals surface area contributed by atoms with Crippen LogP contribution in [0.5, 0.6) is 0 Å². The predicted molar refractivity (Wildman–Crippen MR) is 210 cm³/mol. The largest absolute Gasteiger partial charge is 0.473 e. The van der Waals surface area contributed by atoms with Crippen LogP contribution in [-0.2, 0) is 68.9 Å². The SMILES string of the molecule is C=CC(OP(=O)(O)OC1C[C@H](C)O[C@@H]1COP(=O)(O)OC1C[C@H](C)O[C@@H]1COP(=O)(O)OC1C[C@H](C)O[C@@H]1CCP(=O)(O)OC(C)(C)C)[C@H]1O[C@@H](C)CC1C(C)(C)C. The lowest BCUT2D eigenvalue weighted by atomic mass is 9.75. The number of hydrogen-bond donors (Lipinski definition) is 4. The minimum absolute atomic E-state index is 0.00582. The first-order valence-electron chi connectivity index (χ1n) is 19.7. The molecule has 0 saturated carbocycles. The third-order valence-electron chi connectivity index (χ3n) is 10.2. The fraction of sp³-hybridized carbons (Fsp3) is 0.943. The first kappa shape index (κ1) is 50.7. The number of rotatable bonds is 20. The lowest BCUT2D eigenvalue weighted by molar-refractivity contribution is -0.0525. The number of ether oxygens (including phenoxy) is 4. The van der Waals surface area contributed by atoms with Gasteiger partial charge in [-0.15, -0.1) is 6.58 Å². The van der Waals surface area contributed by atoms with Crippen LogP contribution in [0.1, 0.15) is 101 Å². The molecular weight excluding hydrogens is 848 g/mol. The van der Waals surface area contributed by atoms with E-state index in [-0.39, 0.29) is 55.4 Å². The van der Waals surface area contributed by atoms with Crippen LogP contribution in [0, 0.1) is 11.3 Å². The Labute approximate surface area is 342 Å². The average molecular weight is 915 g/mol. The van der Waals surface area contributed by atoms with E-state index in [9.17, 15) is 37.8 Å². The number of phosphoric acid groups is 3. The van der Waals surface area contributed by atoms with Crippen molar-refractivity contribution in [3.8, 4) is 0 Å². The Morgan fingerprint density at radius 3 is 1.50 bits per heavy atom. The van der Waals surface area contributed by atoms with E-state index in [1.54, 1.807) is 41.5 Å². The van der Waals surface area contributed by atoms with Crippen molar-refractivity contribution in [1.82, 2.24) is 0 Å². The molecular formula is C35H66O19P4. The van der Waals surface area contributed by atoms with Crippen LogP contribution >= 0.6 is 31.1 Å². The van der Waals surface area contributed by atoms with Crippen LogP contribution in [0.4, 0.5) is 0 Å². The second kappa shape index (κ2) is 19.8. The predicted octanol–water partition coefficient (Wildman–Crippen LogP) is 6.81. The van der Waals surface area contributed by atoms with E-state index < -0.39 is 111 Å². The summed E-state index contributed by atoms with van der Waals surface area (Å²) in [5.41, 5.74) is -1.05. The highest BCUT2D eigenvalue weighted by Gasteiger charge is 2.49. The summed E-state index contributed by atoms with van der Waals surface area (Å²) in [5, 5.41) is 0. The molecule has 4 heterocycles. The molecule has 0 spiro atoms. The molecule has 4 saturated heterocycles. The van der Waals surface area contributed by atoms with Crippen molar-refractivity contribution < 1.29 is 88.4 Å². The van der Waals surface area contributed by atoms with Gasteiger partial charge < -0.3 is 43.0 Å². The molecule has 9 unspecified atom stereocenters. The van der Waals surface area contributed by atoms with E-state index >= 15 is 0 Å². The van der Waals surface area contributed by atoms with Crippen molar-refractivity contribution in [2.24, 2.45) is 11.3 Å². The van der Waals surface area contributed by atoms with Crippen LogP contribution < -0.4 is 0 Å². The van der Waals surface area contributed by atoms with Crippen LogP contribution in [0.15, 0.2) is 12.7 Å². The normalized spacial score (nSPS) is 38.2. The Morgan fingerprint density at radius 1 is 0.655 bits per heavy atom. The smallest absolute Gasteiger partial charge is 0.372 e. The van der Waals surface area contributed by atoms with Gasteiger partial charge in [-0.05, 0) is 72.6 Å². The van der Waals surface area contributed by atoms with Crippen molar-refractivity contribution in [2.45, 2.75) is 180 Å². The standard InChI is InChI=1S/C35H66O19P4/c1-12-26(33-25(34(6,7)8)15-21(2)49-33)50-58(42,43)53-30-18-24(5)48-32(30)20-45-57(40,41)52-29-17-23(4)47-31(29)19-44-56(38,39)51-28-16-22(3)46-27(28)13-14-55(36,37)54-35(9,10)11/h12,21-33H,1,13-20H2,2-11H3,(H,36,37)(H,38,39)(H,40,41)(H,42,43)/t21-,22-,23-,24-,25?,26?,27+,28?,29?,30?,31+,32+,33-/m0/s1. The monoisotopic (exact) mass is 914 g/mol. The molecule has 340 valence electrons. The van der Waals surface area contributed by atoms with E-state index in [0.29, 0.717) is 0 Å². The van der Waals surface area contributed by atoms with Crippen LogP contribution in [0.3, 0.4) is 0 Å². The highest BCUT2D eigenvalue weighted by molar-refractivity contribution is 7.52. The average Bonchev–Trinajstić information content (AvgIpc) is 3.80. The van der Waals surface area contributed by atoms with Gasteiger partial charge in [-0.2, -0.15) is 0 Å². The van der Waals surface area contributed by atoms with Gasteiger partial charge in [-0.1, -0.05) is 26.8 Å². The van der Waals surface area contributed by atoms with Crippen molar-refractivity contribution >= 4 is 31.1 Å². The molecule has 23 heteroatoms. The van der Waals surface area contributed by atoms with Gasteiger partial charge in [0.1, 0.15) is 30.5 Å². The van der Waals surface area contributed by atoms with Crippen LogP contribution in [0.25, 0.3) is 0 Å². The molecule has 4 N–H and O–H groups in total. The minimum Gasteiger partial charge on any atom is -0.372 e.